The van der Waals surface area contributed by atoms with Crippen LogP contribution >= 0.6 is 23.2 Å². The van der Waals surface area contributed by atoms with E-state index < -0.39 is 0 Å². The number of benzene rings is 1. The number of hydrogen-bond donors (Lipinski definition) is 1. The minimum Gasteiger partial charge on any atom is -0.462 e. The number of fused-ring (bicyclic) bond motifs is 1. The van der Waals surface area contributed by atoms with Crippen LogP contribution < -0.4 is 5.32 Å². The fourth-order valence-electron chi connectivity index (χ4n) is 1.51. The van der Waals surface area contributed by atoms with E-state index >= 15 is 0 Å². The molecule has 1 aromatic heterocycles. The maximum absolute atomic E-state index is 6.01. The Balaban J connectivity index is 2.49. The van der Waals surface area contributed by atoms with Crippen molar-refractivity contribution in [3.05, 3.63) is 34.0 Å². The summed E-state index contributed by atoms with van der Waals surface area (Å²) < 4.78 is 5.40. The van der Waals surface area contributed by atoms with Crippen LogP contribution in [0.5, 0.6) is 0 Å². The van der Waals surface area contributed by atoms with Crippen molar-refractivity contribution in [1.82, 2.24) is 5.32 Å². The monoisotopic (exact) mass is 243 g/mol. The normalized spacial score (nSPS) is 11.1. The molecule has 0 aliphatic carbocycles. The fraction of sp³-hybridized carbons (Fsp3) is 0.273. The second kappa shape index (κ2) is 4.44. The molecule has 2 aromatic rings. The Morgan fingerprint density at radius 3 is 2.87 bits per heavy atom. The van der Waals surface area contributed by atoms with Crippen molar-refractivity contribution in [2.45, 2.75) is 13.5 Å². The van der Waals surface area contributed by atoms with E-state index in [1.165, 1.54) is 0 Å². The van der Waals surface area contributed by atoms with Gasteiger partial charge in [0.1, 0.15) is 0 Å². The molecule has 0 atom stereocenters. The summed E-state index contributed by atoms with van der Waals surface area (Å²) >= 11 is 12.0. The summed E-state index contributed by atoms with van der Waals surface area (Å²) in [6.45, 7) is 3.74. The van der Waals surface area contributed by atoms with Crippen LogP contribution in [0.1, 0.15) is 12.5 Å². The van der Waals surface area contributed by atoms with Gasteiger partial charge in [-0.15, -0.1) is 0 Å². The van der Waals surface area contributed by atoms with E-state index in [-0.39, 0.29) is 0 Å². The lowest BCUT2D eigenvalue weighted by Crippen LogP contribution is -2.11. The van der Waals surface area contributed by atoms with Crippen LogP contribution in [0.3, 0.4) is 0 Å². The third-order valence-electron chi connectivity index (χ3n) is 2.24. The summed E-state index contributed by atoms with van der Waals surface area (Å²) in [6.07, 6.45) is 1.72. The van der Waals surface area contributed by atoms with Crippen LogP contribution in [0.25, 0.3) is 11.0 Å². The molecule has 2 nitrogen and oxygen atoms in total. The lowest BCUT2D eigenvalue weighted by Gasteiger charge is -1.99. The van der Waals surface area contributed by atoms with E-state index in [0.29, 0.717) is 15.6 Å². The van der Waals surface area contributed by atoms with E-state index in [2.05, 4.69) is 12.2 Å². The number of rotatable bonds is 3. The molecule has 0 amide bonds. The van der Waals surface area contributed by atoms with Gasteiger partial charge in [-0.2, -0.15) is 0 Å². The van der Waals surface area contributed by atoms with Crippen molar-refractivity contribution in [1.29, 1.82) is 0 Å². The SMILES string of the molecule is CCNCc1coc2c(Cl)cc(Cl)cc12. The summed E-state index contributed by atoms with van der Waals surface area (Å²) in [4.78, 5) is 0. The van der Waals surface area contributed by atoms with Crippen molar-refractivity contribution in [3.8, 4) is 0 Å². The summed E-state index contributed by atoms with van der Waals surface area (Å²) in [5, 5.41) is 5.40. The third kappa shape index (κ3) is 2.12. The first kappa shape index (κ1) is 10.8. The van der Waals surface area contributed by atoms with Gasteiger partial charge in [0.25, 0.3) is 0 Å². The summed E-state index contributed by atoms with van der Waals surface area (Å²) in [7, 11) is 0. The Kier molecular flexibility index (Phi) is 3.19. The third-order valence-corrected chi connectivity index (χ3v) is 2.74. The lowest BCUT2D eigenvalue weighted by atomic mass is 10.2. The Hall–Kier alpha value is -0.700. The predicted octanol–water partition coefficient (Wildman–Crippen LogP) is 3.85. The summed E-state index contributed by atoms with van der Waals surface area (Å²) in [5.41, 5.74) is 1.78. The molecule has 4 heteroatoms. The van der Waals surface area contributed by atoms with Crippen molar-refractivity contribution < 1.29 is 4.42 Å². The Morgan fingerprint density at radius 1 is 1.33 bits per heavy atom. The predicted molar refractivity (Wildman–Crippen MR) is 63.6 cm³/mol. The quantitative estimate of drug-likeness (QED) is 0.887. The molecule has 0 spiro atoms. The number of nitrogens with one attached hydrogen (secondary N) is 1. The van der Waals surface area contributed by atoms with Gasteiger partial charge < -0.3 is 9.73 Å². The van der Waals surface area contributed by atoms with Crippen LogP contribution in [0.15, 0.2) is 22.8 Å². The highest BCUT2D eigenvalue weighted by Gasteiger charge is 2.09. The highest BCUT2D eigenvalue weighted by Crippen LogP contribution is 2.31. The molecule has 0 fully saturated rings. The fourth-order valence-corrected chi connectivity index (χ4v) is 2.05. The highest BCUT2D eigenvalue weighted by atomic mass is 35.5. The van der Waals surface area contributed by atoms with E-state index in [1.807, 2.05) is 6.07 Å². The van der Waals surface area contributed by atoms with Gasteiger partial charge in [-0.1, -0.05) is 30.1 Å². The molecule has 80 valence electrons. The number of halogens is 2. The zero-order valence-corrected chi connectivity index (χ0v) is 9.82. The van der Waals surface area contributed by atoms with E-state index in [4.69, 9.17) is 27.6 Å². The summed E-state index contributed by atoms with van der Waals surface area (Å²) in [5.74, 6) is 0. The van der Waals surface area contributed by atoms with Gasteiger partial charge >= 0.3 is 0 Å². The average molecular weight is 244 g/mol. The second-order valence-corrected chi connectivity index (χ2v) is 4.15. The van der Waals surface area contributed by atoms with Gasteiger partial charge in [-0.3, -0.25) is 0 Å². The zero-order chi connectivity index (χ0) is 10.8. The molecular formula is C11H11Cl2NO. The van der Waals surface area contributed by atoms with Crippen molar-refractivity contribution >= 4 is 34.2 Å². The van der Waals surface area contributed by atoms with Crippen LogP contribution in [0, 0.1) is 0 Å². The molecule has 0 bridgehead atoms. The summed E-state index contributed by atoms with van der Waals surface area (Å²) in [6, 6.07) is 3.56. The lowest BCUT2D eigenvalue weighted by molar-refractivity contribution is 0.604. The highest BCUT2D eigenvalue weighted by molar-refractivity contribution is 6.38. The number of furan rings is 1. The van der Waals surface area contributed by atoms with Gasteiger partial charge in [0.2, 0.25) is 0 Å². The zero-order valence-electron chi connectivity index (χ0n) is 8.31. The second-order valence-electron chi connectivity index (χ2n) is 3.31. The smallest absolute Gasteiger partial charge is 0.152 e. The first-order chi connectivity index (χ1) is 7.22. The molecule has 0 radical (unpaired) electrons. The molecule has 0 aliphatic rings. The van der Waals surface area contributed by atoms with Crippen LogP contribution in [-0.4, -0.2) is 6.54 Å². The molecule has 1 N–H and O–H groups in total. The van der Waals surface area contributed by atoms with Crippen molar-refractivity contribution in [2.75, 3.05) is 6.54 Å². The molecular weight excluding hydrogens is 233 g/mol. The topological polar surface area (TPSA) is 25.2 Å². The minimum atomic E-state index is 0.556. The van der Waals surface area contributed by atoms with Gasteiger partial charge in [0, 0.05) is 22.5 Å². The molecule has 0 saturated carbocycles. The van der Waals surface area contributed by atoms with Crippen molar-refractivity contribution in [2.24, 2.45) is 0 Å². The standard InChI is InChI=1S/C11H11Cl2NO/c1-2-14-5-7-6-15-11-9(7)3-8(12)4-10(11)13/h3-4,6,14H,2,5H2,1H3. The Bertz CT molecular complexity index is 479. The average Bonchev–Trinajstić information content (AvgIpc) is 2.58. The maximum atomic E-state index is 6.01. The number of hydrogen-bond acceptors (Lipinski definition) is 2. The van der Waals surface area contributed by atoms with Crippen LogP contribution in [0.4, 0.5) is 0 Å². The first-order valence-electron chi connectivity index (χ1n) is 4.78. The molecule has 15 heavy (non-hydrogen) atoms. The largest absolute Gasteiger partial charge is 0.462 e. The van der Waals surface area contributed by atoms with E-state index in [1.54, 1.807) is 12.3 Å². The van der Waals surface area contributed by atoms with Crippen molar-refractivity contribution in [3.63, 3.8) is 0 Å². The van der Waals surface area contributed by atoms with Gasteiger partial charge in [0.15, 0.2) is 5.58 Å². The van der Waals surface area contributed by atoms with Gasteiger partial charge in [0.05, 0.1) is 11.3 Å². The van der Waals surface area contributed by atoms with Gasteiger partial charge in [-0.25, -0.2) is 0 Å². The Morgan fingerprint density at radius 2 is 2.13 bits per heavy atom. The van der Waals surface area contributed by atoms with Crippen LogP contribution in [-0.2, 0) is 6.54 Å². The molecule has 2 rings (SSSR count). The molecule has 1 heterocycles. The maximum Gasteiger partial charge on any atom is 0.152 e. The molecule has 0 saturated heterocycles. The molecule has 1 aromatic carbocycles. The molecule has 0 aliphatic heterocycles. The minimum absolute atomic E-state index is 0.556. The Labute approximate surface area is 98.2 Å². The first-order valence-corrected chi connectivity index (χ1v) is 5.53. The van der Waals surface area contributed by atoms with Gasteiger partial charge in [-0.05, 0) is 18.7 Å². The van der Waals surface area contributed by atoms with E-state index in [0.717, 1.165) is 24.0 Å². The molecule has 0 unspecified atom stereocenters. The van der Waals surface area contributed by atoms with Crippen LogP contribution in [0.2, 0.25) is 10.0 Å². The van der Waals surface area contributed by atoms with E-state index in [9.17, 15) is 0 Å².